The molecule has 0 saturated carbocycles. The molecule has 1 aliphatic rings. The van der Waals surface area contributed by atoms with Crippen LogP contribution in [0.4, 0.5) is 17.3 Å². The monoisotopic (exact) mass is 294 g/mol. The number of ether oxygens (including phenoxy) is 1. The van der Waals surface area contributed by atoms with Gasteiger partial charge < -0.3 is 25.2 Å². The molecule has 118 valence electrons. The fraction of sp³-hybridized carbons (Fsp3) is 0.714. The normalized spacial score (nSPS) is 16.2. The molecule has 0 radical (unpaired) electrons. The number of hydrogen-bond donors (Lipinski definition) is 1. The van der Waals surface area contributed by atoms with E-state index in [0.29, 0.717) is 12.3 Å². The molecule has 0 aliphatic carbocycles. The molecule has 2 N–H and O–H groups in total. The van der Waals surface area contributed by atoms with Gasteiger partial charge in [0.05, 0.1) is 6.61 Å². The Balaban J connectivity index is 2.10. The molecule has 1 aromatic heterocycles. The number of nitrogen functional groups attached to an aromatic ring is 1. The number of nitrogens with zero attached hydrogens (tertiary/aromatic N) is 5. The van der Waals surface area contributed by atoms with E-state index in [4.69, 9.17) is 10.5 Å². The van der Waals surface area contributed by atoms with Crippen LogP contribution in [0.5, 0.6) is 0 Å². The zero-order chi connectivity index (χ0) is 15.2. The van der Waals surface area contributed by atoms with E-state index < -0.39 is 0 Å². The molecule has 1 saturated heterocycles. The Hall–Kier alpha value is -1.60. The molecule has 0 unspecified atom stereocenters. The Kier molecular flexibility index (Phi) is 5.58. The van der Waals surface area contributed by atoms with Crippen molar-refractivity contribution in [3.63, 3.8) is 0 Å². The molecule has 7 nitrogen and oxygen atoms in total. The fourth-order valence-corrected chi connectivity index (χ4v) is 2.54. The Morgan fingerprint density at radius 2 is 2.00 bits per heavy atom. The van der Waals surface area contributed by atoms with Crippen molar-refractivity contribution < 1.29 is 4.74 Å². The Morgan fingerprint density at radius 3 is 2.62 bits per heavy atom. The number of aromatic nitrogens is 2. The van der Waals surface area contributed by atoms with Crippen molar-refractivity contribution in [1.82, 2.24) is 14.9 Å². The molecule has 7 heteroatoms. The number of nitrogens with two attached hydrogens (primary N) is 1. The maximum atomic E-state index is 6.29. The first-order valence-electron chi connectivity index (χ1n) is 7.45. The minimum Gasteiger partial charge on any atom is -0.393 e. The van der Waals surface area contributed by atoms with Crippen LogP contribution in [0, 0.1) is 0 Å². The van der Waals surface area contributed by atoms with E-state index in [9.17, 15) is 0 Å². The number of likely N-dealkylation sites (N-methyl/N-ethyl adjacent to an activating group) is 2. The highest BCUT2D eigenvalue weighted by Crippen LogP contribution is 2.28. The molecule has 0 amide bonds. The highest BCUT2D eigenvalue weighted by atomic mass is 16.5. The van der Waals surface area contributed by atoms with Crippen molar-refractivity contribution in [3.8, 4) is 0 Å². The number of methoxy groups -OCH3 is 1. The fourth-order valence-electron chi connectivity index (χ4n) is 2.54. The first-order chi connectivity index (χ1) is 10.2. The van der Waals surface area contributed by atoms with E-state index in [2.05, 4.69) is 26.7 Å². The summed E-state index contributed by atoms with van der Waals surface area (Å²) in [6.45, 7) is 8.69. The van der Waals surface area contributed by atoms with Crippen LogP contribution in [0.3, 0.4) is 0 Å². The molecule has 0 aromatic carbocycles. The third-order valence-corrected chi connectivity index (χ3v) is 3.95. The Morgan fingerprint density at radius 1 is 1.29 bits per heavy atom. The lowest BCUT2D eigenvalue weighted by molar-refractivity contribution is 0.206. The van der Waals surface area contributed by atoms with Crippen molar-refractivity contribution in [2.45, 2.75) is 6.92 Å². The van der Waals surface area contributed by atoms with E-state index in [0.717, 1.165) is 50.9 Å². The molecular weight excluding hydrogens is 268 g/mol. The number of rotatable bonds is 6. The van der Waals surface area contributed by atoms with E-state index in [1.165, 1.54) is 0 Å². The molecule has 2 heterocycles. The van der Waals surface area contributed by atoms with Crippen LogP contribution in [0.1, 0.15) is 6.92 Å². The van der Waals surface area contributed by atoms with Gasteiger partial charge in [0, 0.05) is 46.9 Å². The second-order valence-electron chi connectivity index (χ2n) is 5.27. The predicted molar refractivity (Wildman–Crippen MR) is 85.9 cm³/mol. The minimum absolute atomic E-state index is 0.643. The second kappa shape index (κ2) is 7.42. The van der Waals surface area contributed by atoms with Crippen LogP contribution in [0.15, 0.2) is 6.33 Å². The molecule has 2 rings (SSSR count). The first-order valence-corrected chi connectivity index (χ1v) is 7.45. The topological polar surface area (TPSA) is 70.8 Å². The molecule has 1 fully saturated rings. The Labute approximate surface area is 126 Å². The summed E-state index contributed by atoms with van der Waals surface area (Å²) >= 11 is 0. The van der Waals surface area contributed by atoms with Crippen LogP contribution >= 0.6 is 0 Å². The number of hydrogen-bond acceptors (Lipinski definition) is 7. The molecule has 0 bridgehead atoms. The lowest BCUT2D eigenvalue weighted by Gasteiger charge is -2.35. The van der Waals surface area contributed by atoms with Gasteiger partial charge in [-0.15, -0.1) is 0 Å². The lowest BCUT2D eigenvalue weighted by atomic mass is 10.3. The van der Waals surface area contributed by atoms with Crippen molar-refractivity contribution in [1.29, 1.82) is 0 Å². The highest BCUT2D eigenvalue weighted by Gasteiger charge is 2.21. The minimum atomic E-state index is 0.643. The number of piperazine rings is 1. The second-order valence-corrected chi connectivity index (χ2v) is 5.27. The van der Waals surface area contributed by atoms with Crippen LogP contribution in [-0.4, -0.2) is 74.9 Å². The van der Waals surface area contributed by atoms with Gasteiger partial charge >= 0.3 is 0 Å². The van der Waals surface area contributed by atoms with Crippen molar-refractivity contribution >= 4 is 17.3 Å². The van der Waals surface area contributed by atoms with Gasteiger partial charge in [-0.2, -0.15) is 0 Å². The molecule has 1 aliphatic heterocycles. The van der Waals surface area contributed by atoms with Crippen molar-refractivity contribution in [2.24, 2.45) is 0 Å². The molecule has 0 spiro atoms. The molecule has 21 heavy (non-hydrogen) atoms. The van der Waals surface area contributed by atoms with Gasteiger partial charge in [0.1, 0.15) is 12.0 Å². The highest BCUT2D eigenvalue weighted by molar-refractivity contribution is 5.75. The zero-order valence-electron chi connectivity index (χ0n) is 13.2. The summed E-state index contributed by atoms with van der Waals surface area (Å²) in [4.78, 5) is 15.4. The maximum absolute atomic E-state index is 6.29. The van der Waals surface area contributed by atoms with Gasteiger partial charge in [0.15, 0.2) is 11.6 Å². The summed E-state index contributed by atoms with van der Waals surface area (Å²) in [6.07, 6.45) is 1.59. The molecule has 1 aromatic rings. The summed E-state index contributed by atoms with van der Waals surface area (Å²) in [6, 6.07) is 0. The van der Waals surface area contributed by atoms with Crippen LogP contribution in [-0.2, 0) is 4.74 Å². The largest absolute Gasteiger partial charge is 0.393 e. The standard InChI is InChI=1S/C14H26N6O/c1-4-19-5-7-20(8-6-19)14-12(15)13(16-11-17-14)18(2)9-10-21-3/h11H,4-10,15H2,1-3H3. The first kappa shape index (κ1) is 15.8. The van der Waals surface area contributed by atoms with Crippen LogP contribution in [0.25, 0.3) is 0 Å². The third kappa shape index (κ3) is 3.74. The molecule has 0 atom stereocenters. The summed E-state index contributed by atoms with van der Waals surface area (Å²) in [5.41, 5.74) is 6.94. The van der Waals surface area contributed by atoms with Gasteiger partial charge in [-0.25, -0.2) is 9.97 Å². The van der Waals surface area contributed by atoms with Crippen LogP contribution < -0.4 is 15.5 Å². The van der Waals surface area contributed by atoms with E-state index in [1.54, 1.807) is 13.4 Å². The van der Waals surface area contributed by atoms with Gasteiger partial charge in [-0.1, -0.05) is 6.92 Å². The van der Waals surface area contributed by atoms with E-state index in [-0.39, 0.29) is 0 Å². The quantitative estimate of drug-likeness (QED) is 0.808. The summed E-state index contributed by atoms with van der Waals surface area (Å²) in [5, 5.41) is 0. The number of anilines is 3. The predicted octanol–water partition coefficient (Wildman–Crippen LogP) is 0.283. The maximum Gasteiger partial charge on any atom is 0.157 e. The SMILES string of the molecule is CCN1CCN(c2ncnc(N(C)CCOC)c2N)CC1. The smallest absolute Gasteiger partial charge is 0.157 e. The average Bonchev–Trinajstić information content (AvgIpc) is 2.53. The van der Waals surface area contributed by atoms with E-state index in [1.807, 2.05) is 11.9 Å². The van der Waals surface area contributed by atoms with Gasteiger partial charge in [-0.05, 0) is 6.54 Å². The third-order valence-electron chi connectivity index (χ3n) is 3.95. The van der Waals surface area contributed by atoms with Gasteiger partial charge in [0.2, 0.25) is 0 Å². The summed E-state index contributed by atoms with van der Waals surface area (Å²) < 4.78 is 5.10. The van der Waals surface area contributed by atoms with Crippen molar-refractivity contribution in [2.75, 3.05) is 75.6 Å². The zero-order valence-corrected chi connectivity index (χ0v) is 13.2. The van der Waals surface area contributed by atoms with Crippen molar-refractivity contribution in [3.05, 3.63) is 6.33 Å². The van der Waals surface area contributed by atoms with Gasteiger partial charge in [0.25, 0.3) is 0 Å². The van der Waals surface area contributed by atoms with Crippen LogP contribution in [0.2, 0.25) is 0 Å². The Bertz CT molecular complexity index is 447. The summed E-state index contributed by atoms with van der Waals surface area (Å²) in [5.74, 6) is 1.62. The van der Waals surface area contributed by atoms with Gasteiger partial charge in [-0.3, -0.25) is 0 Å². The lowest BCUT2D eigenvalue weighted by Crippen LogP contribution is -2.46. The molecular formula is C14H26N6O. The average molecular weight is 294 g/mol. The summed E-state index contributed by atoms with van der Waals surface area (Å²) in [7, 11) is 3.66. The van der Waals surface area contributed by atoms with E-state index >= 15 is 0 Å².